The first kappa shape index (κ1) is 12.2. The molecule has 2 aromatic rings. The summed E-state index contributed by atoms with van der Waals surface area (Å²) in [6.07, 6.45) is 1.75. The molecule has 0 bridgehead atoms. The third-order valence-corrected chi connectivity index (χ3v) is 2.80. The zero-order chi connectivity index (χ0) is 13.1. The molecule has 0 saturated heterocycles. The highest BCUT2D eigenvalue weighted by Crippen LogP contribution is 2.30. The number of anilines is 1. The minimum absolute atomic E-state index is 0.550. The Kier molecular flexibility index (Phi) is 3.37. The van der Waals surface area contributed by atoms with Gasteiger partial charge in [0.1, 0.15) is 17.3 Å². The van der Waals surface area contributed by atoms with Crippen LogP contribution in [-0.2, 0) is 0 Å². The number of pyridine rings is 1. The number of nitrogens with zero attached hydrogens (tertiary/aromatic N) is 1. The van der Waals surface area contributed by atoms with E-state index >= 15 is 0 Å². The predicted molar refractivity (Wildman–Crippen MR) is 71.9 cm³/mol. The van der Waals surface area contributed by atoms with Crippen LogP contribution in [0.5, 0.6) is 11.5 Å². The number of methoxy groups -OCH3 is 2. The van der Waals surface area contributed by atoms with E-state index in [1.807, 2.05) is 31.2 Å². The molecule has 18 heavy (non-hydrogen) atoms. The molecule has 4 nitrogen and oxygen atoms in total. The molecule has 94 valence electrons. The van der Waals surface area contributed by atoms with Gasteiger partial charge in [0.05, 0.1) is 14.2 Å². The van der Waals surface area contributed by atoms with Crippen molar-refractivity contribution in [2.75, 3.05) is 20.0 Å². The maximum atomic E-state index is 5.72. The Hall–Kier alpha value is -2.23. The minimum Gasteiger partial charge on any atom is -0.497 e. The topological polar surface area (TPSA) is 57.4 Å². The van der Waals surface area contributed by atoms with Crippen LogP contribution in [0, 0.1) is 6.92 Å². The lowest BCUT2D eigenvalue weighted by Gasteiger charge is -2.09. The van der Waals surface area contributed by atoms with Gasteiger partial charge in [-0.3, -0.25) is 0 Å². The second-order valence-corrected chi connectivity index (χ2v) is 4.03. The van der Waals surface area contributed by atoms with E-state index in [1.165, 1.54) is 0 Å². The lowest BCUT2D eigenvalue weighted by atomic mass is 10.1. The van der Waals surface area contributed by atoms with Crippen molar-refractivity contribution in [1.29, 1.82) is 0 Å². The average Bonchev–Trinajstić information content (AvgIpc) is 2.41. The predicted octanol–water partition coefficient (Wildman–Crippen LogP) is 2.66. The first-order valence-corrected chi connectivity index (χ1v) is 5.59. The fraction of sp³-hybridized carbons (Fsp3) is 0.214. The zero-order valence-corrected chi connectivity index (χ0v) is 10.7. The zero-order valence-electron chi connectivity index (χ0n) is 10.7. The van der Waals surface area contributed by atoms with Crippen molar-refractivity contribution < 1.29 is 9.47 Å². The Morgan fingerprint density at radius 1 is 0.944 bits per heavy atom. The third-order valence-electron chi connectivity index (χ3n) is 2.80. The van der Waals surface area contributed by atoms with E-state index in [0.717, 1.165) is 28.2 Å². The number of hydrogen-bond acceptors (Lipinski definition) is 4. The van der Waals surface area contributed by atoms with Crippen LogP contribution in [0.4, 0.5) is 5.82 Å². The van der Waals surface area contributed by atoms with Crippen molar-refractivity contribution in [2.24, 2.45) is 0 Å². The number of hydrogen-bond donors (Lipinski definition) is 1. The maximum absolute atomic E-state index is 5.72. The molecule has 1 heterocycles. The van der Waals surface area contributed by atoms with E-state index in [-0.39, 0.29) is 0 Å². The first-order valence-electron chi connectivity index (χ1n) is 5.59. The molecule has 1 aromatic heterocycles. The van der Waals surface area contributed by atoms with Gasteiger partial charge >= 0.3 is 0 Å². The molecule has 0 saturated carbocycles. The van der Waals surface area contributed by atoms with Crippen LogP contribution >= 0.6 is 0 Å². The Labute approximate surface area is 106 Å². The van der Waals surface area contributed by atoms with Crippen molar-refractivity contribution in [3.8, 4) is 22.6 Å². The van der Waals surface area contributed by atoms with Gasteiger partial charge in [0.25, 0.3) is 0 Å². The van der Waals surface area contributed by atoms with Crippen molar-refractivity contribution in [1.82, 2.24) is 4.98 Å². The van der Waals surface area contributed by atoms with Crippen molar-refractivity contribution in [3.05, 3.63) is 36.0 Å². The summed E-state index contributed by atoms with van der Waals surface area (Å²) in [4.78, 5) is 4.16. The quantitative estimate of drug-likeness (QED) is 0.901. The highest BCUT2D eigenvalue weighted by Gasteiger charge is 2.06. The molecule has 0 spiro atoms. The molecule has 1 aromatic carbocycles. The average molecular weight is 244 g/mol. The van der Waals surface area contributed by atoms with Crippen LogP contribution in [0.25, 0.3) is 11.1 Å². The minimum atomic E-state index is 0.550. The molecule has 0 unspecified atom stereocenters. The van der Waals surface area contributed by atoms with Crippen LogP contribution in [0.15, 0.2) is 30.5 Å². The monoisotopic (exact) mass is 244 g/mol. The normalized spacial score (nSPS) is 10.2. The molecule has 2 rings (SSSR count). The molecule has 0 amide bonds. The number of aryl methyl sites for hydroxylation is 1. The largest absolute Gasteiger partial charge is 0.497 e. The van der Waals surface area contributed by atoms with Crippen LogP contribution in [0.2, 0.25) is 0 Å². The smallest absolute Gasteiger partial charge is 0.126 e. The van der Waals surface area contributed by atoms with Gasteiger partial charge in [0.2, 0.25) is 0 Å². The standard InChI is InChI=1S/C14H16N2O2/c1-9-4-11(8-16-14(9)15)10-5-12(17-2)7-13(6-10)18-3/h4-8H,1-3H3,(H2,15,16). The fourth-order valence-corrected chi connectivity index (χ4v) is 1.72. The summed E-state index contributed by atoms with van der Waals surface area (Å²) in [6, 6.07) is 7.71. The van der Waals surface area contributed by atoms with E-state index in [4.69, 9.17) is 15.2 Å². The van der Waals surface area contributed by atoms with Crippen LogP contribution < -0.4 is 15.2 Å². The van der Waals surface area contributed by atoms with Gasteiger partial charge in [-0.15, -0.1) is 0 Å². The van der Waals surface area contributed by atoms with E-state index in [0.29, 0.717) is 5.82 Å². The van der Waals surface area contributed by atoms with Crippen LogP contribution in [-0.4, -0.2) is 19.2 Å². The van der Waals surface area contributed by atoms with Crippen molar-refractivity contribution in [3.63, 3.8) is 0 Å². The summed E-state index contributed by atoms with van der Waals surface area (Å²) < 4.78 is 10.5. The molecule has 0 aliphatic carbocycles. The number of ether oxygens (including phenoxy) is 2. The fourth-order valence-electron chi connectivity index (χ4n) is 1.72. The number of nitrogens with two attached hydrogens (primary N) is 1. The van der Waals surface area contributed by atoms with Gasteiger partial charge in [-0.1, -0.05) is 0 Å². The second-order valence-electron chi connectivity index (χ2n) is 4.03. The summed E-state index contributed by atoms with van der Waals surface area (Å²) in [6.45, 7) is 1.93. The lowest BCUT2D eigenvalue weighted by molar-refractivity contribution is 0.394. The highest BCUT2D eigenvalue weighted by molar-refractivity contribution is 5.68. The molecule has 0 atom stereocenters. The van der Waals surface area contributed by atoms with Gasteiger partial charge in [-0.25, -0.2) is 4.98 Å². The van der Waals surface area contributed by atoms with Gasteiger partial charge in [-0.2, -0.15) is 0 Å². The van der Waals surface area contributed by atoms with Crippen LogP contribution in [0.1, 0.15) is 5.56 Å². The summed E-state index contributed by atoms with van der Waals surface area (Å²) in [5.74, 6) is 2.05. The van der Waals surface area contributed by atoms with Gasteiger partial charge < -0.3 is 15.2 Å². The SMILES string of the molecule is COc1cc(OC)cc(-c2cnc(N)c(C)c2)c1. The van der Waals surface area contributed by atoms with Gasteiger partial charge in [0, 0.05) is 17.8 Å². The second kappa shape index (κ2) is 4.96. The highest BCUT2D eigenvalue weighted by atomic mass is 16.5. The first-order chi connectivity index (χ1) is 8.63. The van der Waals surface area contributed by atoms with E-state index in [1.54, 1.807) is 20.4 Å². The van der Waals surface area contributed by atoms with E-state index in [9.17, 15) is 0 Å². The van der Waals surface area contributed by atoms with E-state index < -0.39 is 0 Å². The van der Waals surface area contributed by atoms with Crippen molar-refractivity contribution in [2.45, 2.75) is 6.92 Å². The number of aromatic nitrogens is 1. The Morgan fingerprint density at radius 3 is 2.06 bits per heavy atom. The summed E-state index contributed by atoms with van der Waals surface area (Å²) in [5.41, 5.74) is 8.64. The Balaban J connectivity index is 2.51. The van der Waals surface area contributed by atoms with Gasteiger partial charge in [0.15, 0.2) is 0 Å². The lowest BCUT2D eigenvalue weighted by Crippen LogP contribution is -1.94. The molecule has 2 N–H and O–H groups in total. The maximum Gasteiger partial charge on any atom is 0.126 e. The number of rotatable bonds is 3. The molecular formula is C14H16N2O2. The third kappa shape index (κ3) is 2.37. The van der Waals surface area contributed by atoms with Crippen LogP contribution in [0.3, 0.4) is 0 Å². The molecule has 0 radical (unpaired) electrons. The molecule has 0 aliphatic rings. The summed E-state index contributed by atoms with van der Waals surface area (Å²) in [7, 11) is 3.26. The van der Waals surface area contributed by atoms with Gasteiger partial charge in [-0.05, 0) is 36.2 Å². The van der Waals surface area contributed by atoms with Crippen molar-refractivity contribution >= 4 is 5.82 Å². The Morgan fingerprint density at radius 2 is 1.56 bits per heavy atom. The van der Waals surface area contributed by atoms with E-state index in [2.05, 4.69) is 4.98 Å². The number of nitrogen functional groups attached to an aromatic ring is 1. The molecule has 0 fully saturated rings. The molecular weight excluding hydrogens is 228 g/mol. The molecule has 4 heteroatoms. The molecule has 0 aliphatic heterocycles. The summed E-state index contributed by atoms with van der Waals surface area (Å²) in [5, 5.41) is 0. The number of benzene rings is 1. The summed E-state index contributed by atoms with van der Waals surface area (Å²) >= 11 is 0. The Bertz CT molecular complexity index is 545.